The molecule has 0 amide bonds. The first kappa shape index (κ1) is 14.6. The Morgan fingerprint density at radius 2 is 1.78 bits per heavy atom. The topological polar surface area (TPSA) is 15.8 Å². The summed E-state index contributed by atoms with van der Waals surface area (Å²) >= 11 is 0. The second kappa shape index (κ2) is 7.75. The predicted molar refractivity (Wildman–Crippen MR) is 73.2 cm³/mol. The van der Waals surface area contributed by atoms with Gasteiger partial charge < -0.3 is 4.98 Å². The third kappa shape index (κ3) is 3.76. The molecule has 0 radical (unpaired) electrons. The van der Waals surface area contributed by atoms with Crippen molar-refractivity contribution >= 4 is 0 Å². The molecule has 0 fully saturated rings. The molecule has 18 heavy (non-hydrogen) atoms. The summed E-state index contributed by atoms with van der Waals surface area (Å²) in [6.07, 6.45) is 3.09. The Morgan fingerprint density at radius 1 is 1.11 bits per heavy atom. The van der Waals surface area contributed by atoms with Crippen molar-refractivity contribution in [3.63, 3.8) is 0 Å². The molecule has 0 aliphatic heterocycles. The molecule has 0 unspecified atom stereocenters. The zero-order valence-corrected chi connectivity index (χ0v) is 11.5. The fourth-order valence-corrected chi connectivity index (χ4v) is 1.83. The maximum absolute atomic E-state index is 3.26. The number of aryl methyl sites for hydroxylation is 1. The minimum absolute atomic E-state index is 0. The van der Waals surface area contributed by atoms with E-state index in [2.05, 4.69) is 42.2 Å². The van der Waals surface area contributed by atoms with Gasteiger partial charge >= 0.3 is 17.1 Å². The van der Waals surface area contributed by atoms with E-state index in [-0.39, 0.29) is 17.1 Å². The van der Waals surface area contributed by atoms with Gasteiger partial charge in [0.05, 0.1) is 0 Å². The first-order valence-corrected chi connectivity index (χ1v) is 5.97. The number of hydrogen-bond acceptors (Lipinski definition) is 0. The van der Waals surface area contributed by atoms with Crippen LogP contribution in [-0.2, 0) is 23.5 Å². The van der Waals surface area contributed by atoms with Crippen molar-refractivity contribution in [2.45, 2.75) is 13.3 Å². The molecule has 0 saturated carbocycles. The second-order valence-electron chi connectivity index (χ2n) is 3.87. The van der Waals surface area contributed by atoms with Crippen LogP contribution in [0, 0.1) is 0 Å². The monoisotopic (exact) mass is 279 g/mol. The third-order valence-corrected chi connectivity index (χ3v) is 2.72. The van der Waals surface area contributed by atoms with Crippen LogP contribution in [0.2, 0.25) is 0 Å². The fourth-order valence-electron chi connectivity index (χ4n) is 1.83. The average molecular weight is 279 g/mol. The number of nitrogens with one attached hydrogen (secondary N) is 1. The smallest absolute Gasteiger partial charge is 0.378 e. The van der Waals surface area contributed by atoms with Crippen molar-refractivity contribution < 1.29 is 17.1 Å². The van der Waals surface area contributed by atoms with Crippen LogP contribution in [0.25, 0.3) is 11.3 Å². The normalized spacial score (nSPS) is 9.17. The number of H-pyrrole nitrogens is 1. The van der Waals surface area contributed by atoms with Crippen LogP contribution in [0.4, 0.5) is 0 Å². The maximum Gasteiger partial charge on any atom is 2.00 e. The molecular formula is C16H17FeN. The summed E-state index contributed by atoms with van der Waals surface area (Å²) in [7, 11) is 0. The number of aromatic amines is 1. The molecular weight excluding hydrogens is 262 g/mol. The van der Waals surface area contributed by atoms with E-state index >= 15 is 0 Å². The van der Waals surface area contributed by atoms with Gasteiger partial charge in [0.15, 0.2) is 0 Å². The molecule has 0 bridgehead atoms. The van der Waals surface area contributed by atoms with Crippen LogP contribution in [0.15, 0.2) is 66.9 Å². The molecule has 1 nitrogen and oxygen atoms in total. The summed E-state index contributed by atoms with van der Waals surface area (Å²) in [6, 6.07) is 20.5. The minimum atomic E-state index is 0. The first-order valence-electron chi connectivity index (χ1n) is 5.97. The standard InChI is InChI=1S/C11H12N.C5H5.Fe/c1-2-9-7-8-12-11(9)10-5-3-4-6-10;1-2-4-5-3-1;/h3-8,12H,2H2,1H3;1-5H;/q2*-1;+2. The van der Waals surface area contributed by atoms with Crippen molar-refractivity contribution in [3.8, 4) is 11.3 Å². The van der Waals surface area contributed by atoms with E-state index in [1.165, 1.54) is 16.8 Å². The molecule has 1 N–H and O–H groups in total. The Labute approximate surface area is 119 Å². The van der Waals surface area contributed by atoms with Crippen LogP contribution >= 0.6 is 0 Å². The molecule has 3 aromatic rings. The van der Waals surface area contributed by atoms with Gasteiger partial charge in [-0.25, -0.2) is 12.1 Å². The predicted octanol–water partition coefficient (Wildman–Crippen LogP) is 4.37. The van der Waals surface area contributed by atoms with Crippen LogP contribution in [0.1, 0.15) is 12.5 Å². The van der Waals surface area contributed by atoms with Crippen LogP contribution in [0.5, 0.6) is 0 Å². The molecule has 94 valence electrons. The second-order valence-corrected chi connectivity index (χ2v) is 3.87. The summed E-state index contributed by atoms with van der Waals surface area (Å²) < 4.78 is 0. The van der Waals surface area contributed by atoms with Crippen molar-refractivity contribution in [2.75, 3.05) is 0 Å². The van der Waals surface area contributed by atoms with Crippen molar-refractivity contribution in [1.29, 1.82) is 0 Å². The van der Waals surface area contributed by atoms with Crippen molar-refractivity contribution in [1.82, 2.24) is 4.98 Å². The van der Waals surface area contributed by atoms with E-state index in [1.54, 1.807) is 0 Å². The maximum atomic E-state index is 3.26. The largest absolute Gasteiger partial charge is 2.00 e. The summed E-state index contributed by atoms with van der Waals surface area (Å²) in [5.74, 6) is 0. The minimum Gasteiger partial charge on any atom is -0.378 e. The van der Waals surface area contributed by atoms with E-state index in [1.807, 2.05) is 36.5 Å². The summed E-state index contributed by atoms with van der Waals surface area (Å²) in [5, 5.41) is 0. The molecule has 1 aromatic heterocycles. The zero-order valence-electron chi connectivity index (χ0n) is 10.4. The van der Waals surface area contributed by atoms with E-state index < -0.39 is 0 Å². The van der Waals surface area contributed by atoms with Gasteiger partial charge in [-0.15, -0.1) is 12.1 Å². The first-order chi connectivity index (χ1) is 8.42. The van der Waals surface area contributed by atoms with Crippen LogP contribution in [0.3, 0.4) is 0 Å². The van der Waals surface area contributed by atoms with Gasteiger partial charge in [-0.3, -0.25) is 0 Å². The summed E-state index contributed by atoms with van der Waals surface area (Å²) in [6.45, 7) is 2.18. The van der Waals surface area contributed by atoms with Gasteiger partial charge in [-0.1, -0.05) is 30.5 Å². The van der Waals surface area contributed by atoms with Gasteiger partial charge in [-0.05, 0) is 11.9 Å². The van der Waals surface area contributed by atoms with E-state index in [0.717, 1.165) is 6.42 Å². The van der Waals surface area contributed by atoms with Crippen molar-refractivity contribution in [3.05, 3.63) is 72.4 Å². The molecule has 1 heterocycles. The van der Waals surface area contributed by atoms with E-state index in [9.17, 15) is 0 Å². The van der Waals surface area contributed by atoms with Crippen LogP contribution < -0.4 is 0 Å². The molecule has 0 aliphatic rings. The Morgan fingerprint density at radius 3 is 2.28 bits per heavy atom. The molecule has 0 spiro atoms. The molecule has 0 atom stereocenters. The van der Waals surface area contributed by atoms with Gasteiger partial charge in [0.1, 0.15) is 0 Å². The Kier molecular flexibility index (Phi) is 6.27. The average Bonchev–Trinajstić information content (AvgIpc) is 3.12. The molecule has 3 rings (SSSR count). The number of rotatable bonds is 2. The molecule has 0 saturated heterocycles. The molecule has 0 aliphatic carbocycles. The van der Waals surface area contributed by atoms with E-state index in [0.29, 0.717) is 0 Å². The Balaban J connectivity index is 0.000000230. The van der Waals surface area contributed by atoms with Crippen molar-refractivity contribution in [2.24, 2.45) is 0 Å². The van der Waals surface area contributed by atoms with E-state index in [4.69, 9.17) is 0 Å². The summed E-state index contributed by atoms with van der Waals surface area (Å²) in [5.41, 5.74) is 3.94. The molecule has 2 heteroatoms. The SMILES string of the molecule is CCc1cc[nH]c1-[c-]1cccc1.[Fe+2].c1cc[cH-]c1. The van der Waals surface area contributed by atoms with Gasteiger partial charge in [-0.2, -0.15) is 30.3 Å². The quantitative estimate of drug-likeness (QED) is 0.529. The Hall–Kier alpha value is -1.50. The van der Waals surface area contributed by atoms with Gasteiger partial charge in [0, 0.05) is 0 Å². The fraction of sp³-hybridized carbons (Fsp3) is 0.125. The summed E-state index contributed by atoms with van der Waals surface area (Å²) in [4.78, 5) is 3.26. The van der Waals surface area contributed by atoms with Crippen LogP contribution in [-0.4, -0.2) is 4.98 Å². The zero-order chi connectivity index (χ0) is 11.9. The Bertz CT molecular complexity index is 486. The molecule has 2 aromatic carbocycles. The number of hydrogen-bond donors (Lipinski definition) is 1. The third-order valence-electron chi connectivity index (χ3n) is 2.72. The van der Waals surface area contributed by atoms with Gasteiger partial charge in [0.25, 0.3) is 0 Å². The van der Waals surface area contributed by atoms with Gasteiger partial charge in [0.2, 0.25) is 0 Å². The number of aromatic nitrogens is 1.